The van der Waals surface area contributed by atoms with Crippen molar-refractivity contribution in [3.05, 3.63) is 102 Å². The van der Waals surface area contributed by atoms with E-state index in [4.69, 9.17) is 25.8 Å². The van der Waals surface area contributed by atoms with Crippen LogP contribution in [0.2, 0.25) is 5.02 Å². The first-order valence-electron chi connectivity index (χ1n) is 17.0. The quantitative estimate of drug-likeness (QED) is 0.150. The van der Waals surface area contributed by atoms with Crippen molar-refractivity contribution in [3.8, 4) is 5.75 Å². The van der Waals surface area contributed by atoms with Gasteiger partial charge in [-0.1, -0.05) is 49.0 Å². The number of anilines is 3. The number of benzene rings is 3. The van der Waals surface area contributed by atoms with Gasteiger partial charge in [-0.05, 0) is 74.0 Å². The van der Waals surface area contributed by atoms with E-state index in [9.17, 15) is 0 Å². The number of hydrogen-bond donors (Lipinski definition) is 0. The topological polar surface area (TPSA) is 83.7 Å². The minimum absolute atomic E-state index is 0.241. The Morgan fingerprint density at radius 2 is 1.60 bits per heavy atom. The van der Waals surface area contributed by atoms with E-state index in [0.717, 1.165) is 60.6 Å². The summed E-state index contributed by atoms with van der Waals surface area (Å²) < 4.78 is 21.0. The first-order valence-corrected chi connectivity index (χ1v) is 18.4. The molecule has 0 radical (unpaired) electrons. The van der Waals surface area contributed by atoms with Crippen LogP contribution >= 0.6 is 23.4 Å². The zero-order valence-corrected chi connectivity index (χ0v) is 30.3. The lowest BCUT2D eigenvalue weighted by atomic mass is 10.1. The molecule has 4 aromatic rings. The van der Waals surface area contributed by atoms with Crippen molar-refractivity contribution >= 4 is 46.8 Å². The van der Waals surface area contributed by atoms with Crippen LogP contribution in [0.3, 0.4) is 0 Å². The number of nitrogens with zero attached hydrogens (tertiary/aromatic N) is 8. The third-order valence-corrected chi connectivity index (χ3v) is 10.9. The van der Waals surface area contributed by atoms with Gasteiger partial charge in [0.2, 0.25) is 5.79 Å². The summed E-state index contributed by atoms with van der Waals surface area (Å²) in [5.74, 6) is 1.24. The van der Waals surface area contributed by atoms with E-state index in [-0.39, 0.29) is 6.10 Å². The average molecular weight is 715 g/mol. The molecule has 3 aliphatic rings. The van der Waals surface area contributed by atoms with Crippen molar-refractivity contribution in [2.24, 2.45) is 12.1 Å². The normalized spacial score (nSPS) is 21.4. The van der Waals surface area contributed by atoms with E-state index in [0.29, 0.717) is 30.0 Å². The molecule has 7 rings (SSSR count). The first kappa shape index (κ1) is 34.2. The Hall–Kier alpha value is -4.23. The fourth-order valence-corrected chi connectivity index (χ4v) is 7.44. The van der Waals surface area contributed by atoms with E-state index in [1.54, 1.807) is 6.33 Å². The molecule has 0 bridgehead atoms. The van der Waals surface area contributed by atoms with Gasteiger partial charge >= 0.3 is 0 Å². The SMILES string of the molecule is C=C1N(c2ccc(N3CCN(c4ccc(OC[C@@H]5CO[C@@](CSc6nncn6C)(c6ccc(Cl)cc6)O5)cc4)CC3)cc2)C=NN1C(C)CC. The van der Waals surface area contributed by atoms with Crippen LogP contribution in [-0.2, 0) is 22.3 Å². The molecule has 0 N–H and O–H groups in total. The molecule has 0 aliphatic carbocycles. The maximum atomic E-state index is 6.56. The zero-order valence-electron chi connectivity index (χ0n) is 28.7. The van der Waals surface area contributed by atoms with Gasteiger partial charge in [0.1, 0.15) is 36.9 Å². The molecule has 0 saturated carbocycles. The molecule has 3 atom stereocenters. The van der Waals surface area contributed by atoms with Crippen LogP contribution in [0, 0.1) is 0 Å². The Labute approximate surface area is 303 Å². The largest absolute Gasteiger partial charge is 0.491 e. The summed E-state index contributed by atoms with van der Waals surface area (Å²) >= 11 is 7.71. The second-order valence-corrected chi connectivity index (χ2v) is 14.1. The van der Waals surface area contributed by atoms with Gasteiger partial charge in [0, 0.05) is 60.9 Å². The third kappa shape index (κ3) is 7.29. The summed E-state index contributed by atoms with van der Waals surface area (Å²) in [4.78, 5) is 6.91. The van der Waals surface area contributed by atoms with Crippen molar-refractivity contribution < 1.29 is 14.2 Å². The third-order valence-electron chi connectivity index (χ3n) is 9.46. The summed E-state index contributed by atoms with van der Waals surface area (Å²) in [5, 5.41) is 16.2. The van der Waals surface area contributed by atoms with E-state index in [2.05, 4.69) is 81.9 Å². The van der Waals surface area contributed by atoms with E-state index in [1.807, 2.05) is 64.3 Å². The maximum absolute atomic E-state index is 6.56. The van der Waals surface area contributed by atoms with Gasteiger partial charge in [0.25, 0.3) is 0 Å². The molecule has 2 saturated heterocycles. The van der Waals surface area contributed by atoms with Crippen LogP contribution in [0.15, 0.2) is 102 Å². The minimum Gasteiger partial charge on any atom is -0.491 e. The van der Waals surface area contributed by atoms with Crippen molar-refractivity contribution in [3.63, 3.8) is 0 Å². The lowest BCUT2D eigenvalue weighted by molar-refractivity contribution is -0.160. The molecule has 2 fully saturated rings. The Bertz CT molecular complexity index is 1780. The van der Waals surface area contributed by atoms with Gasteiger partial charge in [-0.3, -0.25) is 4.90 Å². The number of aryl methyl sites for hydroxylation is 1. The highest BCUT2D eigenvalue weighted by molar-refractivity contribution is 7.99. The lowest BCUT2D eigenvalue weighted by Gasteiger charge is -2.37. The molecule has 0 spiro atoms. The number of hydrogen-bond acceptors (Lipinski definition) is 11. The summed E-state index contributed by atoms with van der Waals surface area (Å²) in [6.45, 7) is 13.1. The monoisotopic (exact) mass is 714 g/mol. The van der Waals surface area contributed by atoms with Gasteiger partial charge in [0.05, 0.1) is 18.4 Å². The molecule has 11 nitrogen and oxygen atoms in total. The summed E-state index contributed by atoms with van der Waals surface area (Å²) in [6.07, 6.45) is 4.31. The highest BCUT2D eigenvalue weighted by Gasteiger charge is 2.44. The Morgan fingerprint density at radius 1 is 0.960 bits per heavy atom. The van der Waals surface area contributed by atoms with E-state index < -0.39 is 5.79 Å². The number of rotatable bonds is 12. The Morgan fingerprint density at radius 3 is 2.22 bits per heavy atom. The second-order valence-electron chi connectivity index (χ2n) is 12.7. The van der Waals surface area contributed by atoms with Crippen molar-refractivity contribution in [2.75, 3.05) is 59.8 Å². The van der Waals surface area contributed by atoms with Crippen LogP contribution < -0.4 is 19.4 Å². The number of aromatic nitrogens is 3. The molecule has 50 heavy (non-hydrogen) atoms. The van der Waals surface area contributed by atoms with Gasteiger partial charge < -0.3 is 28.6 Å². The van der Waals surface area contributed by atoms with E-state index in [1.165, 1.54) is 23.1 Å². The second kappa shape index (κ2) is 14.9. The van der Waals surface area contributed by atoms with Crippen LogP contribution in [0.1, 0.15) is 25.8 Å². The van der Waals surface area contributed by atoms with Crippen molar-refractivity contribution in [1.82, 2.24) is 19.8 Å². The van der Waals surface area contributed by atoms with Gasteiger partial charge in [0.15, 0.2) is 5.16 Å². The first-order chi connectivity index (χ1) is 24.3. The van der Waals surface area contributed by atoms with E-state index >= 15 is 0 Å². The summed E-state index contributed by atoms with van der Waals surface area (Å²) in [6, 6.07) is 24.9. The molecule has 0 amide bonds. The molecule has 3 aliphatic heterocycles. The fraction of sp³-hybridized carbons (Fsp3) is 0.378. The predicted octanol–water partition coefficient (Wildman–Crippen LogP) is 6.57. The molecule has 4 heterocycles. The lowest BCUT2D eigenvalue weighted by Crippen LogP contribution is -2.46. The molecular weight excluding hydrogens is 672 g/mol. The van der Waals surface area contributed by atoms with Crippen molar-refractivity contribution in [2.45, 2.75) is 43.4 Å². The van der Waals surface area contributed by atoms with Crippen LogP contribution in [0.25, 0.3) is 0 Å². The number of halogens is 1. The average Bonchev–Trinajstić information content (AvgIpc) is 3.88. The Balaban J connectivity index is 0.901. The molecule has 262 valence electrons. The summed E-state index contributed by atoms with van der Waals surface area (Å²) in [7, 11) is 1.92. The molecule has 3 aromatic carbocycles. The van der Waals surface area contributed by atoms with Crippen LogP contribution in [0.5, 0.6) is 5.75 Å². The molecule has 1 aromatic heterocycles. The van der Waals surface area contributed by atoms with Gasteiger partial charge in [-0.25, -0.2) is 5.01 Å². The molecular formula is C37H43ClN8O3S. The number of hydrazone groups is 1. The Kier molecular flexibility index (Phi) is 10.2. The highest BCUT2D eigenvalue weighted by atomic mass is 35.5. The minimum atomic E-state index is -0.948. The van der Waals surface area contributed by atoms with Gasteiger partial charge in [-0.2, -0.15) is 5.10 Å². The number of piperazine rings is 1. The standard InChI is InChI=1S/C37H43ClN8O3S/c1-5-27(2)46-28(3)45(26-40-46)33-12-10-31(11-13-33)43-18-20-44(21-19-43)32-14-16-34(17-15-32)47-22-35-23-48-37(49-35,29-6-8-30(38)9-7-29)24-50-36-41-39-25-42(36)4/h6-17,25-27,35H,3,5,18-24H2,1-2,4H3/t27?,35-,37-/m1/s1. The molecule has 13 heteroatoms. The number of thioether (sulfide) groups is 1. The highest BCUT2D eigenvalue weighted by Crippen LogP contribution is 2.39. The van der Waals surface area contributed by atoms with Crippen molar-refractivity contribution in [1.29, 1.82) is 0 Å². The van der Waals surface area contributed by atoms with Gasteiger partial charge in [-0.15, -0.1) is 10.2 Å². The number of ether oxygens (including phenoxy) is 3. The molecule has 1 unspecified atom stereocenters. The predicted molar refractivity (Wildman–Crippen MR) is 200 cm³/mol. The van der Waals surface area contributed by atoms with Crippen LogP contribution in [-0.4, -0.2) is 83.4 Å². The fourth-order valence-electron chi connectivity index (χ4n) is 6.32. The smallest absolute Gasteiger partial charge is 0.205 e. The zero-order chi connectivity index (χ0) is 34.7. The van der Waals surface area contributed by atoms with Crippen LogP contribution in [0.4, 0.5) is 17.1 Å². The maximum Gasteiger partial charge on any atom is 0.205 e. The summed E-state index contributed by atoms with van der Waals surface area (Å²) in [5.41, 5.74) is 4.38.